The van der Waals surface area contributed by atoms with Gasteiger partial charge in [-0.3, -0.25) is 0 Å². The van der Waals surface area contributed by atoms with E-state index in [4.69, 9.17) is 5.73 Å². The van der Waals surface area contributed by atoms with Crippen LogP contribution in [-0.4, -0.2) is 6.04 Å². The molecule has 1 aliphatic rings. The first-order chi connectivity index (χ1) is 7.33. The molecule has 0 unspecified atom stereocenters. The Balaban J connectivity index is 2.20. The molecule has 0 saturated heterocycles. The van der Waals surface area contributed by atoms with Crippen LogP contribution in [0.15, 0.2) is 36.4 Å². The average molecular weight is 197 g/mol. The third-order valence-electron chi connectivity index (χ3n) is 3.33. The molecule has 76 valence electrons. The van der Waals surface area contributed by atoms with Gasteiger partial charge in [-0.15, -0.1) is 0 Å². The van der Waals surface area contributed by atoms with Crippen LogP contribution in [0.1, 0.15) is 17.5 Å². The van der Waals surface area contributed by atoms with Crippen molar-refractivity contribution < 1.29 is 0 Å². The highest BCUT2D eigenvalue weighted by atomic mass is 14.6. The Bertz CT molecular complexity index is 502. The molecule has 2 aromatic rings. The molecule has 1 atom stereocenters. The maximum Gasteiger partial charge on any atom is 0.00825 e. The number of hydrogen-bond acceptors (Lipinski definition) is 1. The summed E-state index contributed by atoms with van der Waals surface area (Å²) in [5, 5.41) is 2.69. The molecular weight excluding hydrogens is 182 g/mol. The number of aryl methyl sites for hydroxylation is 1. The predicted molar refractivity (Wildman–Crippen MR) is 63.9 cm³/mol. The van der Waals surface area contributed by atoms with Crippen molar-refractivity contribution >= 4 is 10.8 Å². The molecule has 0 bridgehead atoms. The molecule has 0 heterocycles. The van der Waals surface area contributed by atoms with Gasteiger partial charge in [-0.2, -0.15) is 0 Å². The number of fused-ring (bicyclic) bond motifs is 2. The van der Waals surface area contributed by atoms with Crippen molar-refractivity contribution in [3.63, 3.8) is 0 Å². The van der Waals surface area contributed by atoms with Crippen molar-refractivity contribution in [1.82, 2.24) is 0 Å². The predicted octanol–water partition coefficient (Wildman–Crippen LogP) is 2.66. The minimum atomic E-state index is 0.360. The highest BCUT2D eigenvalue weighted by Gasteiger charge is 2.15. The molecule has 15 heavy (non-hydrogen) atoms. The van der Waals surface area contributed by atoms with E-state index in [0.29, 0.717) is 6.04 Å². The minimum Gasteiger partial charge on any atom is -0.327 e. The number of benzene rings is 2. The van der Waals surface area contributed by atoms with Gasteiger partial charge in [-0.25, -0.2) is 0 Å². The Morgan fingerprint density at radius 3 is 2.40 bits per heavy atom. The summed E-state index contributed by atoms with van der Waals surface area (Å²) in [7, 11) is 0. The molecule has 0 saturated carbocycles. The fraction of sp³-hybridized carbons (Fsp3) is 0.286. The molecule has 2 N–H and O–H groups in total. The summed E-state index contributed by atoms with van der Waals surface area (Å²) in [5.74, 6) is 0. The van der Waals surface area contributed by atoms with E-state index in [0.717, 1.165) is 19.3 Å². The van der Waals surface area contributed by atoms with E-state index in [9.17, 15) is 0 Å². The van der Waals surface area contributed by atoms with Gasteiger partial charge in [0.25, 0.3) is 0 Å². The van der Waals surface area contributed by atoms with Crippen molar-refractivity contribution in [3.8, 4) is 0 Å². The van der Waals surface area contributed by atoms with Crippen LogP contribution >= 0.6 is 0 Å². The monoisotopic (exact) mass is 197 g/mol. The zero-order chi connectivity index (χ0) is 10.3. The van der Waals surface area contributed by atoms with Crippen LogP contribution < -0.4 is 5.73 Å². The van der Waals surface area contributed by atoms with Gasteiger partial charge in [-0.1, -0.05) is 36.4 Å². The van der Waals surface area contributed by atoms with E-state index < -0.39 is 0 Å². The second-order valence-electron chi connectivity index (χ2n) is 4.47. The Kier molecular flexibility index (Phi) is 2.00. The van der Waals surface area contributed by atoms with Gasteiger partial charge < -0.3 is 5.73 Å². The Hall–Kier alpha value is -1.34. The molecule has 0 fully saturated rings. The molecule has 0 radical (unpaired) electrons. The lowest BCUT2D eigenvalue weighted by molar-refractivity contribution is 0.577. The summed E-state index contributed by atoms with van der Waals surface area (Å²) in [5.41, 5.74) is 8.94. The second-order valence-corrected chi connectivity index (χ2v) is 4.47. The lowest BCUT2D eigenvalue weighted by Crippen LogP contribution is -2.27. The smallest absolute Gasteiger partial charge is 0.00825 e. The number of hydrogen-bond donors (Lipinski definition) is 1. The van der Waals surface area contributed by atoms with Crippen molar-refractivity contribution in [2.45, 2.75) is 25.3 Å². The molecule has 0 spiro atoms. The molecule has 2 aromatic carbocycles. The molecular formula is C14H15N. The highest BCUT2D eigenvalue weighted by Crippen LogP contribution is 2.26. The first kappa shape index (κ1) is 8.93. The first-order valence-corrected chi connectivity index (χ1v) is 5.59. The molecule has 0 aromatic heterocycles. The van der Waals surface area contributed by atoms with E-state index in [1.807, 2.05) is 0 Å². The van der Waals surface area contributed by atoms with Gasteiger partial charge in [0.2, 0.25) is 0 Å². The molecule has 0 amide bonds. The Morgan fingerprint density at radius 1 is 1.00 bits per heavy atom. The molecule has 1 heteroatoms. The standard InChI is InChI=1S/C14H15N/c15-14-6-5-12-7-10-3-1-2-4-11(10)8-13(12)9-14/h1-4,7-8,14H,5-6,9,15H2/t14-/m0/s1. The molecule has 3 rings (SSSR count). The zero-order valence-electron chi connectivity index (χ0n) is 8.74. The van der Waals surface area contributed by atoms with E-state index >= 15 is 0 Å². The average Bonchev–Trinajstić information content (AvgIpc) is 2.26. The van der Waals surface area contributed by atoms with Crippen LogP contribution in [0.25, 0.3) is 10.8 Å². The Morgan fingerprint density at radius 2 is 1.67 bits per heavy atom. The third-order valence-corrected chi connectivity index (χ3v) is 3.33. The van der Waals surface area contributed by atoms with Crippen molar-refractivity contribution in [1.29, 1.82) is 0 Å². The lowest BCUT2D eigenvalue weighted by atomic mass is 9.87. The van der Waals surface area contributed by atoms with Gasteiger partial charge in [0.1, 0.15) is 0 Å². The van der Waals surface area contributed by atoms with Gasteiger partial charge >= 0.3 is 0 Å². The SMILES string of the molecule is N[C@H]1CCc2cc3ccccc3cc2C1. The summed E-state index contributed by atoms with van der Waals surface area (Å²) in [6, 6.07) is 13.6. The van der Waals surface area contributed by atoms with E-state index in [-0.39, 0.29) is 0 Å². The van der Waals surface area contributed by atoms with Crippen molar-refractivity contribution in [3.05, 3.63) is 47.5 Å². The van der Waals surface area contributed by atoms with Crippen LogP contribution in [0, 0.1) is 0 Å². The summed E-state index contributed by atoms with van der Waals surface area (Å²) in [4.78, 5) is 0. The molecule has 0 aliphatic heterocycles. The summed E-state index contributed by atoms with van der Waals surface area (Å²) in [6.45, 7) is 0. The van der Waals surface area contributed by atoms with E-state index in [2.05, 4.69) is 36.4 Å². The molecule has 1 nitrogen and oxygen atoms in total. The third kappa shape index (κ3) is 1.53. The topological polar surface area (TPSA) is 26.0 Å². The fourth-order valence-electron chi connectivity index (χ4n) is 2.48. The largest absolute Gasteiger partial charge is 0.327 e. The lowest BCUT2D eigenvalue weighted by Gasteiger charge is -2.21. The van der Waals surface area contributed by atoms with E-state index in [1.165, 1.54) is 21.9 Å². The van der Waals surface area contributed by atoms with Crippen LogP contribution in [0.2, 0.25) is 0 Å². The fourth-order valence-corrected chi connectivity index (χ4v) is 2.48. The second kappa shape index (κ2) is 3.35. The zero-order valence-corrected chi connectivity index (χ0v) is 8.74. The van der Waals surface area contributed by atoms with Gasteiger partial charge in [0.05, 0.1) is 0 Å². The van der Waals surface area contributed by atoms with Gasteiger partial charge in [0.15, 0.2) is 0 Å². The summed E-state index contributed by atoms with van der Waals surface area (Å²) in [6.07, 6.45) is 3.31. The minimum absolute atomic E-state index is 0.360. The van der Waals surface area contributed by atoms with Crippen LogP contribution in [0.4, 0.5) is 0 Å². The maximum atomic E-state index is 5.99. The summed E-state index contributed by atoms with van der Waals surface area (Å²) >= 11 is 0. The molecule has 1 aliphatic carbocycles. The normalized spacial score (nSPS) is 20.2. The first-order valence-electron chi connectivity index (χ1n) is 5.59. The van der Waals surface area contributed by atoms with E-state index in [1.54, 1.807) is 0 Å². The highest BCUT2D eigenvalue weighted by molar-refractivity contribution is 5.84. The van der Waals surface area contributed by atoms with Crippen LogP contribution in [0.3, 0.4) is 0 Å². The van der Waals surface area contributed by atoms with Gasteiger partial charge in [0, 0.05) is 6.04 Å². The van der Waals surface area contributed by atoms with Crippen molar-refractivity contribution in [2.75, 3.05) is 0 Å². The quantitative estimate of drug-likeness (QED) is 0.690. The summed E-state index contributed by atoms with van der Waals surface area (Å²) < 4.78 is 0. The Labute approximate surface area is 89.9 Å². The maximum absolute atomic E-state index is 5.99. The van der Waals surface area contributed by atoms with Crippen molar-refractivity contribution in [2.24, 2.45) is 5.73 Å². The van der Waals surface area contributed by atoms with Crippen LogP contribution in [-0.2, 0) is 12.8 Å². The van der Waals surface area contributed by atoms with Crippen LogP contribution in [0.5, 0.6) is 0 Å². The number of nitrogens with two attached hydrogens (primary N) is 1. The number of rotatable bonds is 0. The van der Waals surface area contributed by atoms with Gasteiger partial charge in [-0.05, 0) is 41.2 Å².